The lowest BCUT2D eigenvalue weighted by Gasteiger charge is -2.18. The Kier molecular flexibility index (Phi) is 5.58. The van der Waals surface area contributed by atoms with Gasteiger partial charge in [0.05, 0.1) is 25.5 Å². The molecule has 1 aromatic rings. The molecule has 0 heterocycles. The highest BCUT2D eigenvalue weighted by atomic mass is 16.5. The molecule has 6 nitrogen and oxygen atoms in total. The Hall–Kier alpha value is -2.24. The van der Waals surface area contributed by atoms with Crippen LogP contribution in [0.4, 0.5) is 5.69 Å². The SMILES string of the molecule is COc1cc(C(=O)O)cc(NC(=O)C(C)C(C)C)c1OC. The van der Waals surface area contributed by atoms with Gasteiger partial charge in [-0.05, 0) is 18.1 Å². The number of amides is 1. The molecule has 6 heteroatoms. The van der Waals surface area contributed by atoms with Gasteiger partial charge in [0.2, 0.25) is 5.91 Å². The second-order valence-electron chi connectivity index (χ2n) is 5.09. The van der Waals surface area contributed by atoms with E-state index >= 15 is 0 Å². The number of benzene rings is 1. The number of aromatic carboxylic acids is 1. The molecular formula is C15H21NO5. The van der Waals surface area contributed by atoms with Crippen LogP contribution in [0.25, 0.3) is 0 Å². The van der Waals surface area contributed by atoms with E-state index in [2.05, 4.69) is 5.32 Å². The summed E-state index contributed by atoms with van der Waals surface area (Å²) >= 11 is 0. The predicted octanol–water partition coefficient (Wildman–Crippen LogP) is 2.63. The third-order valence-corrected chi connectivity index (χ3v) is 3.40. The Bertz CT molecular complexity index is 539. The number of rotatable bonds is 6. The van der Waals surface area contributed by atoms with E-state index in [9.17, 15) is 9.59 Å². The van der Waals surface area contributed by atoms with Crippen molar-refractivity contribution in [3.05, 3.63) is 17.7 Å². The van der Waals surface area contributed by atoms with E-state index in [-0.39, 0.29) is 34.7 Å². The summed E-state index contributed by atoms with van der Waals surface area (Å²) in [5.74, 6) is -0.803. The number of hydrogen-bond donors (Lipinski definition) is 2. The van der Waals surface area contributed by atoms with Crippen LogP contribution in [0.3, 0.4) is 0 Å². The number of methoxy groups -OCH3 is 2. The number of carboxylic acid groups (broad SMARTS) is 1. The molecule has 2 N–H and O–H groups in total. The van der Waals surface area contributed by atoms with Gasteiger partial charge in [0.25, 0.3) is 0 Å². The molecule has 0 aliphatic rings. The van der Waals surface area contributed by atoms with E-state index in [4.69, 9.17) is 14.6 Å². The first-order valence-electron chi connectivity index (χ1n) is 6.62. The molecule has 0 saturated heterocycles. The number of carbonyl (C=O) groups is 2. The Morgan fingerprint density at radius 1 is 1.14 bits per heavy atom. The van der Waals surface area contributed by atoms with Crippen molar-refractivity contribution in [2.24, 2.45) is 11.8 Å². The Morgan fingerprint density at radius 3 is 2.19 bits per heavy atom. The first-order chi connectivity index (χ1) is 9.81. The molecule has 0 bridgehead atoms. The molecule has 0 radical (unpaired) electrons. The molecule has 1 amide bonds. The van der Waals surface area contributed by atoms with Crippen LogP contribution in [0.15, 0.2) is 12.1 Å². The van der Waals surface area contributed by atoms with Crippen molar-refractivity contribution in [1.29, 1.82) is 0 Å². The highest BCUT2D eigenvalue weighted by molar-refractivity contribution is 5.97. The van der Waals surface area contributed by atoms with Crippen molar-refractivity contribution in [2.45, 2.75) is 20.8 Å². The van der Waals surface area contributed by atoms with Gasteiger partial charge in [-0.2, -0.15) is 0 Å². The van der Waals surface area contributed by atoms with Gasteiger partial charge in [-0.15, -0.1) is 0 Å². The first-order valence-corrected chi connectivity index (χ1v) is 6.62. The zero-order valence-electron chi connectivity index (χ0n) is 12.9. The molecule has 116 valence electrons. The number of anilines is 1. The molecule has 1 aromatic carbocycles. The lowest BCUT2D eigenvalue weighted by atomic mass is 9.97. The van der Waals surface area contributed by atoms with Crippen LogP contribution >= 0.6 is 0 Å². The van der Waals surface area contributed by atoms with Crippen LogP contribution in [-0.2, 0) is 4.79 Å². The van der Waals surface area contributed by atoms with E-state index in [0.717, 1.165) is 0 Å². The fraction of sp³-hybridized carbons (Fsp3) is 0.467. The molecule has 0 aromatic heterocycles. The van der Waals surface area contributed by atoms with Crippen molar-refractivity contribution in [2.75, 3.05) is 19.5 Å². The van der Waals surface area contributed by atoms with Crippen LogP contribution in [0, 0.1) is 11.8 Å². The van der Waals surface area contributed by atoms with Crippen LogP contribution < -0.4 is 14.8 Å². The summed E-state index contributed by atoms with van der Waals surface area (Å²) in [5.41, 5.74) is 0.298. The fourth-order valence-corrected chi connectivity index (χ4v) is 1.73. The fourth-order valence-electron chi connectivity index (χ4n) is 1.73. The standard InChI is InChI=1S/C15H21NO5/c1-8(2)9(3)14(17)16-11-6-10(15(18)19)7-12(20-4)13(11)21-5/h6-9H,1-5H3,(H,16,17)(H,18,19). The molecule has 0 aliphatic heterocycles. The highest BCUT2D eigenvalue weighted by Gasteiger charge is 2.21. The second kappa shape index (κ2) is 6.97. The van der Waals surface area contributed by atoms with Crippen molar-refractivity contribution >= 4 is 17.6 Å². The van der Waals surface area contributed by atoms with Gasteiger partial charge >= 0.3 is 5.97 Å². The molecule has 1 unspecified atom stereocenters. The van der Waals surface area contributed by atoms with E-state index in [1.165, 1.54) is 26.4 Å². The maximum absolute atomic E-state index is 12.1. The van der Waals surface area contributed by atoms with Crippen molar-refractivity contribution in [3.8, 4) is 11.5 Å². The summed E-state index contributed by atoms with van der Waals surface area (Å²) in [6, 6.07) is 2.71. The molecule has 0 aliphatic carbocycles. The van der Waals surface area contributed by atoms with E-state index < -0.39 is 5.97 Å². The smallest absolute Gasteiger partial charge is 0.335 e. The third-order valence-electron chi connectivity index (χ3n) is 3.40. The summed E-state index contributed by atoms with van der Waals surface area (Å²) in [6.45, 7) is 5.69. The first kappa shape index (κ1) is 16.8. The van der Waals surface area contributed by atoms with Gasteiger partial charge in [-0.1, -0.05) is 20.8 Å². The average Bonchev–Trinajstić information content (AvgIpc) is 2.44. The monoisotopic (exact) mass is 295 g/mol. The number of nitrogens with one attached hydrogen (secondary N) is 1. The van der Waals surface area contributed by atoms with Gasteiger partial charge in [0.15, 0.2) is 11.5 Å². The van der Waals surface area contributed by atoms with Crippen LogP contribution in [0.5, 0.6) is 11.5 Å². The quantitative estimate of drug-likeness (QED) is 0.842. The highest BCUT2D eigenvalue weighted by Crippen LogP contribution is 2.37. The van der Waals surface area contributed by atoms with E-state index in [1.807, 2.05) is 20.8 Å². The Labute approximate surface area is 124 Å². The second-order valence-corrected chi connectivity index (χ2v) is 5.09. The summed E-state index contributed by atoms with van der Waals surface area (Å²) in [4.78, 5) is 23.3. The minimum Gasteiger partial charge on any atom is -0.493 e. The molecular weight excluding hydrogens is 274 g/mol. The van der Waals surface area contributed by atoms with E-state index in [0.29, 0.717) is 5.75 Å². The molecule has 21 heavy (non-hydrogen) atoms. The number of ether oxygens (including phenoxy) is 2. The van der Waals surface area contributed by atoms with E-state index in [1.54, 1.807) is 0 Å². The maximum atomic E-state index is 12.1. The van der Waals surface area contributed by atoms with Crippen molar-refractivity contribution in [3.63, 3.8) is 0 Å². The summed E-state index contributed by atoms with van der Waals surface area (Å²) < 4.78 is 10.3. The molecule has 1 rings (SSSR count). The maximum Gasteiger partial charge on any atom is 0.335 e. The lowest BCUT2D eigenvalue weighted by Crippen LogP contribution is -2.24. The van der Waals surface area contributed by atoms with Gasteiger partial charge in [0.1, 0.15) is 0 Å². The Morgan fingerprint density at radius 2 is 1.76 bits per heavy atom. The van der Waals surface area contributed by atoms with Gasteiger partial charge in [-0.3, -0.25) is 4.79 Å². The van der Waals surface area contributed by atoms with Gasteiger partial charge in [-0.25, -0.2) is 4.79 Å². The molecule has 0 spiro atoms. The number of carboxylic acids is 1. The van der Waals surface area contributed by atoms with Crippen LogP contribution in [0.2, 0.25) is 0 Å². The zero-order valence-corrected chi connectivity index (χ0v) is 12.9. The zero-order chi connectivity index (χ0) is 16.2. The Balaban J connectivity index is 3.23. The lowest BCUT2D eigenvalue weighted by molar-refractivity contribution is -0.120. The van der Waals surface area contributed by atoms with Crippen LogP contribution in [-0.4, -0.2) is 31.2 Å². The largest absolute Gasteiger partial charge is 0.493 e. The minimum atomic E-state index is -1.11. The van der Waals surface area contributed by atoms with Crippen molar-refractivity contribution in [1.82, 2.24) is 0 Å². The average molecular weight is 295 g/mol. The van der Waals surface area contributed by atoms with Crippen molar-refractivity contribution < 1.29 is 24.2 Å². The summed E-state index contributed by atoms with van der Waals surface area (Å²) in [6.07, 6.45) is 0. The topological polar surface area (TPSA) is 84.9 Å². The van der Waals surface area contributed by atoms with Gasteiger partial charge < -0.3 is 19.9 Å². The minimum absolute atomic E-state index is 0.0140. The number of hydrogen-bond acceptors (Lipinski definition) is 4. The normalized spacial score (nSPS) is 11.9. The predicted molar refractivity (Wildman–Crippen MR) is 79.1 cm³/mol. The molecule has 0 saturated carbocycles. The molecule has 0 fully saturated rings. The summed E-state index contributed by atoms with van der Waals surface area (Å²) in [5, 5.41) is 11.8. The summed E-state index contributed by atoms with van der Waals surface area (Å²) in [7, 11) is 2.84. The molecule has 1 atom stereocenters. The van der Waals surface area contributed by atoms with Gasteiger partial charge in [0, 0.05) is 5.92 Å². The third kappa shape index (κ3) is 3.87. The number of carbonyl (C=O) groups excluding carboxylic acids is 1. The van der Waals surface area contributed by atoms with Crippen LogP contribution in [0.1, 0.15) is 31.1 Å².